The van der Waals surface area contributed by atoms with Crippen LogP contribution in [0.15, 0.2) is 15.3 Å². The minimum absolute atomic E-state index is 0.0313. The van der Waals surface area contributed by atoms with Gasteiger partial charge in [0.15, 0.2) is 0 Å². The Bertz CT molecular complexity index is 495. The topological polar surface area (TPSA) is 89.1 Å². The number of carbonyl (C=O) groups is 1. The van der Waals surface area contributed by atoms with Crippen molar-refractivity contribution in [2.75, 3.05) is 0 Å². The van der Waals surface area contributed by atoms with E-state index in [4.69, 9.17) is 9.52 Å². The molecule has 0 amide bonds. The first kappa shape index (κ1) is 11.7. The minimum atomic E-state index is -0.822. The van der Waals surface area contributed by atoms with E-state index in [-0.39, 0.29) is 12.3 Å². The van der Waals surface area contributed by atoms with Crippen LogP contribution in [0.3, 0.4) is 0 Å². The fourth-order valence-electron chi connectivity index (χ4n) is 1.43. The quantitative estimate of drug-likeness (QED) is 0.874. The first-order valence-corrected chi connectivity index (χ1v) is 6.02. The van der Waals surface area contributed by atoms with E-state index >= 15 is 0 Å². The van der Waals surface area contributed by atoms with Crippen molar-refractivity contribution in [1.29, 1.82) is 0 Å². The van der Waals surface area contributed by atoms with Crippen LogP contribution in [0.25, 0.3) is 11.6 Å². The van der Waals surface area contributed by atoms with E-state index in [1.165, 1.54) is 11.3 Å². The normalized spacial score (nSPS) is 12.5. The summed E-state index contributed by atoms with van der Waals surface area (Å²) < 4.78 is 5.41. The molecule has 0 spiro atoms. The van der Waals surface area contributed by atoms with Crippen LogP contribution in [-0.2, 0) is 11.2 Å². The van der Waals surface area contributed by atoms with Gasteiger partial charge in [-0.3, -0.25) is 4.79 Å². The summed E-state index contributed by atoms with van der Waals surface area (Å²) in [5.74, 6) is -0.0292. The highest BCUT2D eigenvalue weighted by Crippen LogP contribution is 2.19. The average Bonchev–Trinajstić information content (AvgIpc) is 2.84. The van der Waals surface area contributed by atoms with Gasteiger partial charge in [-0.15, -0.1) is 21.5 Å². The van der Waals surface area contributed by atoms with Crippen molar-refractivity contribution in [2.24, 2.45) is 5.92 Å². The first-order valence-electron chi connectivity index (χ1n) is 5.08. The van der Waals surface area contributed by atoms with Crippen LogP contribution >= 0.6 is 11.3 Å². The highest BCUT2D eigenvalue weighted by Gasteiger charge is 2.14. The summed E-state index contributed by atoms with van der Waals surface area (Å²) in [7, 11) is 0. The van der Waals surface area contributed by atoms with Crippen LogP contribution in [0.5, 0.6) is 0 Å². The number of thiazole rings is 1. The molecule has 0 aromatic carbocycles. The number of hydrogen-bond donors (Lipinski definition) is 1. The number of nitrogens with zero attached hydrogens (tertiary/aromatic N) is 3. The Labute approximate surface area is 101 Å². The van der Waals surface area contributed by atoms with Crippen molar-refractivity contribution < 1.29 is 14.3 Å². The Morgan fingerprint density at radius 1 is 1.59 bits per heavy atom. The van der Waals surface area contributed by atoms with Crippen LogP contribution in [0.1, 0.15) is 19.2 Å². The summed E-state index contributed by atoms with van der Waals surface area (Å²) in [6.45, 7) is 1.83. The fourth-order valence-corrected chi connectivity index (χ4v) is 1.95. The molecule has 0 saturated carbocycles. The highest BCUT2D eigenvalue weighted by molar-refractivity contribution is 7.07. The maximum absolute atomic E-state index is 10.5. The molecule has 1 unspecified atom stereocenters. The van der Waals surface area contributed by atoms with Gasteiger partial charge in [0.1, 0.15) is 5.69 Å². The van der Waals surface area contributed by atoms with Crippen molar-refractivity contribution in [2.45, 2.75) is 19.8 Å². The van der Waals surface area contributed by atoms with Gasteiger partial charge in [-0.05, 0) is 5.92 Å². The maximum atomic E-state index is 10.5. The second-order valence-electron chi connectivity index (χ2n) is 3.78. The third-order valence-corrected chi connectivity index (χ3v) is 2.75. The predicted molar refractivity (Wildman–Crippen MR) is 60.5 cm³/mol. The lowest BCUT2D eigenvalue weighted by Gasteiger charge is -2.03. The van der Waals surface area contributed by atoms with Crippen molar-refractivity contribution in [1.82, 2.24) is 15.2 Å². The number of carboxylic acid groups (broad SMARTS) is 1. The number of hydrogen-bond acceptors (Lipinski definition) is 6. The molecular formula is C10H11N3O3S. The van der Waals surface area contributed by atoms with E-state index in [9.17, 15) is 4.79 Å². The summed E-state index contributed by atoms with van der Waals surface area (Å²) in [5, 5.41) is 18.2. The smallest absolute Gasteiger partial charge is 0.303 e. The molecule has 90 valence electrons. The lowest BCUT2D eigenvalue weighted by atomic mass is 10.0. The van der Waals surface area contributed by atoms with E-state index in [0.29, 0.717) is 23.9 Å². The third-order valence-electron chi connectivity index (χ3n) is 2.16. The summed E-state index contributed by atoms with van der Waals surface area (Å²) in [6.07, 6.45) is 0.553. The summed E-state index contributed by atoms with van der Waals surface area (Å²) in [5.41, 5.74) is 2.34. The van der Waals surface area contributed by atoms with Crippen LogP contribution in [-0.4, -0.2) is 26.3 Å². The van der Waals surface area contributed by atoms with Crippen LogP contribution in [0, 0.1) is 5.92 Å². The first-order chi connectivity index (χ1) is 8.15. The van der Waals surface area contributed by atoms with Crippen molar-refractivity contribution >= 4 is 17.3 Å². The zero-order chi connectivity index (χ0) is 12.3. The summed E-state index contributed by atoms with van der Waals surface area (Å²) in [6, 6.07) is 0. The van der Waals surface area contributed by atoms with Gasteiger partial charge in [-0.1, -0.05) is 6.92 Å². The molecule has 7 heteroatoms. The monoisotopic (exact) mass is 253 g/mol. The molecule has 0 aliphatic carbocycles. The molecule has 2 heterocycles. The number of rotatable bonds is 5. The number of aliphatic carboxylic acids is 1. The van der Waals surface area contributed by atoms with Gasteiger partial charge >= 0.3 is 5.97 Å². The Morgan fingerprint density at radius 2 is 2.41 bits per heavy atom. The van der Waals surface area contributed by atoms with E-state index in [2.05, 4.69) is 15.2 Å². The predicted octanol–water partition coefficient (Wildman–Crippen LogP) is 1.85. The Balaban J connectivity index is 2.01. The molecule has 0 aliphatic heterocycles. The third kappa shape index (κ3) is 3.10. The molecule has 0 radical (unpaired) electrons. The van der Waals surface area contributed by atoms with Gasteiger partial charge in [-0.2, -0.15) is 0 Å². The van der Waals surface area contributed by atoms with E-state index in [1.807, 2.05) is 12.3 Å². The van der Waals surface area contributed by atoms with Gasteiger partial charge in [0.25, 0.3) is 5.89 Å². The second-order valence-corrected chi connectivity index (χ2v) is 4.50. The zero-order valence-electron chi connectivity index (χ0n) is 9.16. The molecular weight excluding hydrogens is 242 g/mol. The fraction of sp³-hybridized carbons (Fsp3) is 0.400. The van der Waals surface area contributed by atoms with Crippen LogP contribution in [0.4, 0.5) is 0 Å². The lowest BCUT2D eigenvalue weighted by molar-refractivity contribution is -0.137. The Morgan fingerprint density at radius 3 is 3.06 bits per heavy atom. The molecule has 2 rings (SSSR count). The molecule has 2 aromatic rings. The number of carboxylic acids is 1. The molecule has 0 saturated heterocycles. The molecule has 0 aliphatic rings. The lowest BCUT2D eigenvalue weighted by Crippen LogP contribution is -2.07. The SMILES string of the molecule is CC(CC(=O)O)Cc1nnc(-c2cscn2)o1. The Hall–Kier alpha value is -1.76. The minimum Gasteiger partial charge on any atom is -0.481 e. The summed E-state index contributed by atoms with van der Waals surface area (Å²) in [4.78, 5) is 14.6. The van der Waals surface area contributed by atoms with Gasteiger partial charge in [0, 0.05) is 18.2 Å². The van der Waals surface area contributed by atoms with Crippen molar-refractivity contribution in [3.05, 3.63) is 16.8 Å². The van der Waals surface area contributed by atoms with Gasteiger partial charge in [-0.25, -0.2) is 4.98 Å². The average molecular weight is 253 g/mol. The van der Waals surface area contributed by atoms with E-state index in [1.54, 1.807) is 5.51 Å². The van der Waals surface area contributed by atoms with Crippen molar-refractivity contribution in [3.63, 3.8) is 0 Å². The molecule has 0 bridgehead atoms. The summed E-state index contributed by atoms with van der Waals surface area (Å²) >= 11 is 1.45. The van der Waals surface area contributed by atoms with Gasteiger partial charge in [0.2, 0.25) is 5.89 Å². The molecule has 0 fully saturated rings. The highest BCUT2D eigenvalue weighted by atomic mass is 32.1. The molecule has 6 nitrogen and oxygen atoms in total. The molecule has 17 heavy (non-hydrogen) atoms. The maximum Gasteiger partial charge on any atom is 0.303 e. The molecule has 1 atom stereocenters. The van der Waals surface area contributed by atoms with Crippen molar-refractivity contribution in [3.8, 4) is 11.6 Å². The van der Waals surface area contributed by atoms with Gasteiger partial charge < -0.3 is 9.52 Å². The second kappa shape index (κ2) is 5.05. The Kier molecular flexibility index (Phi) is 3.48. The number of aromatic nitrogens is 3. The van der Waals surface area contributed by atoms with Gasteiger partial charge in [0.05, 0.1) is 5.51 Å². The largest absolute Gasteiger partial charge is 0.481 e. The molecule has 2 aromatic heterocycles. The standard InChI is InChI=1S/C10H11N3O3S/c1-6(3-9(14)15)2-8-12-13-10(16-8)7-4-17-5-11-7/h4-6H,2-3H2,1H3,(H,14,15). The van der Waals surface area contributed by atoms with Crippen LogP contribution in [0.2, 0.25) is 0 Å². The van der Waals surface area contributed by atoms with Crippen LogP contribution < -0.4 is 0 Å². The van der Waals surface area contributed by atoms with E-state index < -0.39 is 5.97 Å². The van der Waals surface area contributed by atoms with E-state index in [0.717, 1.165) is 0 Å². The zero-order valence-corrected chi connectivity index (χ0v) is 9.98. The molecule has 1 N–H and O–H groups in total.